The number of carbonyl (C=O) groups excluding carboxylic acids is 2. The highest BCUT2D eigenvalue weighted by Crippen LogP contribution is 2.40. The van der Waals surface area contributed by atoms with Crippen molar-refractivity contribution in [3.8, 4) is 16.9 Å². The molecule has 7 nitrogen and oxygen atoms in total. The minimum Gasteiger partial charge on any atom is -0.493 e. The molecular formula is C37H42ClF2N3O4. The number of halogens is 3. The van der Waals surface area contributed by atoms with Crippen LogP contribution < -0.4 is 15.8 Å². The van der Waals surface area contributed by atoms with E-state index in [1.165, 1.54) is 48.4 Å². The van der Waals surface area contributed by atoms with Crippen molar-refractivity contribution >= 4 is 23.4 Å². The zero-order chi connectivity index (χ0) is 33.1. The molecule has 1 aliphatic carbocycles. The number of benzene rings is 3. The van der Waals surface area contributed by atoms with E-state index in [0.29, 0.717) is 54.5 Å². The van der Waals surface area contributed by atoms with E-state index in [0.717, 1.165) is 18.4 Å². The SMILES string of the molecule is NC1CC2CCC(C1)N2C(=O)C(NC(=O)C(O)c1ccc(OCC2CCCCC2)cc1)C(F)(F)c1ccc(-c2ccc(Cl)cc2)cc1. The van der Waals surface area contributed by atoms with Crippen molar-refractivity contribution in [2.24, 2.45) is 11.7 Å². The molecule has 0 aromatic heterocycles. The number of nitrogens with two attached hydrogens (primary N) is 1. The lowest BCUT2D eigenvalue weighted by atomic mass is 9.90. The molecule has 0 spiro atoms. The monoisotopic (exact) mass is 665 g/mol. The predicted octanol–water partition coefficient (Wildman–Crippen LogP) is 6.76. The zero-order valence-corrected chi connectivity index (χ0v) is 27.0. The lowest BCUT2D eigenvalue weighted by molar-refractivity contribution is -0.155. The number of aliphatic hydroxyl groups excluding tert-OH is 1. The van der Waals surface area contributed by atoms with Crippen molar-refractivity contribution < 1.29 is 28.2 Å². The van der Waals surface area contributed by atoms with Gasteiger partial charge in [0.1, 0.15) is 5.75 Å². The van der Waals surface area contributed by atoms with Gasteiger partial charge in [0.2, 0.25) is 0 Å². The van der Waals surface area contributed by atoms with Gasteiger partial charge in [0.05, 0.1) is 6.61 Å². The summed E-state index contributed by atoms with van der Waals surface area (Å²) in [5, 5.41) is 13.8. The molecule has 3 aromatic carbocycles. The van der Waals surface area contributed by atoms with Gasteiger partial charge in [-0.3, -0.25) is 9.59 Å². The molecule has 2 aliphatic heterocycles. The Morgan fingerprint density at radius 2 is 1.47 bits per heavy atom. The summed E-state index contributed by atoms with van der Waals surface area (Å²) in [6.07, 6.45) is 6.55. The first kappa shape index (κ1) is 33.4. The molecule has 3 aliphatic rings. The number of hydrogen-bond acceptors (Lipinski definition) is 5. The van der Waals surface area contributed by atoms with E-state index < -0.39 is 35.4 Å². The average Bonchev–Trinajstić information content (AvgIpc) is 3.36. The highest BCUT2D eigenvalue weighted by atomic mass is 35.5. The van der Waals surface area contributed by atoms with Gasteiger partial charge in [0.25, 0.3) is 11.8 Å². The van der Waals surface area contributed by atoms with Crippen LogP contribution in [0.1, 0.15) is 75.0 Å². The summed E-state index contributed by atoms with van der Waals surface area (Å²) in [6, 6.07) is 16.1. The van der Waals surface area contributed by atoms with Crippen molar-refractivity contribution in [3.63, 3.8) is 0 Å². The summed E-state index contributed by atoms with van der Waals surface area (Å²) >= 11 is 5.99. The molecule has 2 heterocycles. The number of amides is 2. The molecule has 4 N–H and O–H groups in total. The molecule has 2 amide bonds. The first-order chi connectivity index (χ1) is 22.6. The van der Waals surface area contributed by atoms with Crippen molar-refractivity contribution in [2.75, 3.05) is 6.61 Å². The third-order valence-electron chi connectivity index (χ3n) is 10.0. The molecule has 4 unspecified atom stereocenters. The van der Waals surface area contributed by atoms with Gasteiger partial charge in [0, 0.05) is 28.7 Å². The van der Waals surface area contributed by atoms with Gasteiger partial charge in [-0.25, -0.2) is 0 Å². The van der Waals surface area contributed by atoms with Gasteiger partial charge in [0.15, 0.2) is 12.1 Å². The van der Waals surface area contributed by atoms with Gasteiger partial charge < -0.3 is 25.8 Å². The second-order valence-electron chi connectivity index (χ2n) is 13.3. The van der Waals surface area contributed by atoms with Crippen molar-refractivity contribution in [1.82, 2.24) is 10.2 Å². The third-order valence-corrected chi connectivity index (χ3v) is 10.3. The number of nitrogens with one attached hydrogen (secondary N) is 1. The largest absolute Gasteiger partial charge is 0.493 e. The number of aliphatic hydroxyl groups is 1. The molecular weight excluding hydrogens is 624 g/mol. The Morgan fingerprint density at radius 1 is 0.894 bits per heavy atom. The maximum Gasteiger partial charge on any atom is 0.302 e. The molecule has 2 bridgehead atoms. The van der Waals surface area contributed by atoms with Crippen LogP contribution >= 0.6 is 11.6 Å². The topological polar surface area (TPSA) is 105 Å². The first-order valence-electron chi connectivity index (χ1n) is 16.6. The minimum absolute atomic E-state index is 0.109. The van der Waals surface area contributed by atoms with Crippen LogP contribution in [0, 0.1) is 5.92 Å². The Kier molecular flexibility index (Phi) is 10.2. The van der Waals surface area contributed by atoms with E-state index in [2.05, 4.69) is 5.32 Å². The molecule has 6 rings (SSSR count). The summed E-state index contributed by atoms with van der Waals surface area (Å²) in [5.41, 5.74) is 7.45. The summed E-state index contributed by atoms with van der Waals surface area (Å²) in [5.74, 6) is -4.63. The van der Waals surface area contributed by atoms with Gasteiger partial charge >= 0.3 is 5.92 Å². The predicted molar refractivity (Wildman–Crippen MR) is 177 cm³/mol. The lowest BCUT2D eigenvalue weighted by Crippen LogP contribution is -2.61. The van der Waals surface area contributed by atoms with Crippen LogP contribution in [0.2, 0.25) is 5.02 Å². The Bertz CT molecular complexity index is 1520. The van der Waals surface area contributed by atoms with E-state index in [9.17, 15) is 14.7 Å². The molecule has 2 saturated heterocycles. The Hall–Kier alpha value is -3.53. The fraction of sp³-hybridized carbons (Fsp3) is 0.459. The van der Waals surface area contributed by atoms with Crippen molar-refractivity contribution in [2.45, 2.75) is 94.0 Å². The number of piperidine rings is 1. The van der Waals surface area contributed by atoms with E-state index in [4.69, 9.17) is 22.1 Å². The average molecular weight is 666 g/mol. The van der Waals surface area contributed by atoms with Gasteiger partial charge in [-0.15, -0.1) is 0 Å². The van der Waals surface area contributed by atoms with Gasteiger partial charge in [-0.2, -0.15) is 8.78 Å². The van der Waals surface area contributed by atoms with Crippen LogP contribution in [0.25, 0.3) is 11.1 Å². The van der Waals surface area contributed by atoms with Gasteiger partial charge in [-0.1, -0.05) is 79.4 Å². The molecule has 10 heteroatoms. The fourth-order valence-corrected chi connectivity index (χ4v) is 7.54. The molecule has 3 aromatic rings. The van der Waals surface area contributed by atoms with Crippen LogP contribution in [-0.4, -0.2) is 52.6 Å². The Balaban J connectivity index is 1.21. The number of rotatable bonds is 10. The molecule has 0 radical (unpaired) electrons. The number of carbonyl (C=O) groups is 2. The standard InChI is InChI=1S/C37H42ClF2N3O4/c38-28-14-8-25(9-15-28)24-6-12-27(13-7-24)37(39,40)34(36(46)43-30-16-17-31(43)21-29(41)20-30)42-35(45)33(44)26-10-18-32(19-11-26)47-22-23-4-2-1-3-5-23/h6-15,18-19,23,29-31,33-34,44H,1-5,16-17,20-22,41H2,(H,42,45). The maximum absolute atomic E-state index is 16.5. The molecule has 4 atom stereocenters. The fourth-order valence-electron chi connectivity index (χ4n) is 7.42. The van der Waals surface area contributed by atoms with Crippen molar-refractivity contribution in [3.05, 3.63) is 88.9 Å². The van der Waals surface area contributed by atoms with Crippen LogP contribution in [-0.2, 0) is 15.5 Å². The van der Waals surface area contributed by atoms with Gasteiger partial charge in [-0.05, 0) is 85.4 Å². The number of fused-ring (bicyclic) bond motifs is 2. The summed E-state index contributed by atoms with van der Waals surface area (Å²) in [4.78, 5) is 28.9. The van der Waals surface area contributed by atoms with Crippen LogP contribution in [0.4, 0.5) is 8.78 Å². The van der Waals surface area contributed by atoms with E-state index in [-0.39, 0.29) is 23.7 Å². The van der Waals surface area contributed by atoms with Crippen LogP contribution in [0.15, 0.2) is 72.8 Å². The quantitative estimate of drug-likeness (QED) is 0.222. The molecule has 3 fully saturated rings. The third kappa shape index (κ3) is 7.47. The van der Waals surface area contributed by atoms with E-state index >= 15 is 8.78 Å². The highest BCUT2D eigenvalue weighted by molar-refractivity contribution is 6.30. The number of ether oxygens (including phenoxy) is 1. The second-order valence-corrected chi connectivity index (χ2v) is 13.7. The summed E-state index contributed by atoms with van der Waals surface area (Å²) < 4.78 is 38.9. The van der Waals surface area contributed by atoms with E-state index in [1.54, 1.807) is 48.5 Å². The van der Waals surface area contributed by atoms with Crippen LogP contribution in [0.5, 0.6) is 5.75 Å². The van der Waals surface area contributed by atoms with Crippen LogP contribution in [0.3, 0.4) is 0 Å². The summed E-state index contributed by atoms with van der Waals surface area (Å²) in [6.45, 7) is 0.603. The second kappa shape index (κ2) is 14.3. The Labute approximate surface area is 279 Å². The first-order valence-corrected chi connectivity index (χ1v) is 17.0. The summed E-state index contributed by atoms with van der Waals surface area (Å²) in [7, 11) is 0. The molecule has 250 valence electrons. The van der Waals surface area contributed by atoms with E-state index in [1.807, 2.05) is 0 Å². The Morgan fingerprint density at radius 3 is 2.06 bits per heavy atom. The molecule has 1 saturated carbocycles. The smallest absolute Gasteiger partial charge is 0.302 e. The number of alkyl halides is 2. The lowest BCUT2D eigenvalue weighted by Gasteiger charge is -2.41. The maximum atomic E-state index is 16.5. The normalized spacial score (nSPS) is 22.8. The highest BCUT2D eigenvalue weighted by Gasteiger charge is 2.53. The van der Waals surface area contributed by atoms with Crippen molar-refractivity contribution in [1.29, 1.82) is 0 Å². The zero-order valence-electron chi connectivity index (χ0n) is 26.3. The number of nitrogens with zero attached hydrogens (tertiary/aromatic N) is 1. The number of hydrogen-bond donors (Lipinski definition) is 3. The molecule has 47 heavy (non-hydrogen) atoms. The minimum atomic E-state index is -3.79.